The summed E-state index contributed by atoms with van der Waals surface area (Å²) in [5.41, 5.74) is 1.81. The number of ether oxygens (including phenoxy) is 1. The van der Waals surface area contributed by atoms with Crippen LogP contribution in [0.3, 0.4) is 0 Å². The molecule has 1 saturated heterocycles. The zero-order chi connectivity index (χ0) is 17.0. The lowest BCUT2D eigenvalue weighted by molar-refractivity contribution is 0.00000710. The average molecular weight is 347 g/mol. The molecular weight excluding hydrogens is 326 g/mol. The predicted octanol–water partition coefficient (Wildman–Crippen LogP) is 2.23. The summed E-state index contributed by atoms with van der Waals surface area (Å²) in [6.45, 7) is 0.519. The molecule has 1 aliphatic heterocycles. The number of aryl methyl sites for hydroxylation is 1. The summed E-state index contributed by atoms with van der Waals surface area (Å²) in [6.07, 6.45) is 6.19. The molecule has 0 amide bonds. The van der Waals surface area contributed by atoms with Crippen LogP contribution in [0.2, 0.25) is 0 Å². The van der Waals surface area contributed by atoms with Gasteiger partial charge in [-0.05, 0) is 24.5 Å². The van der Waals surface area contributed by atoms with E-state index in [2.05, 4.69) is 9.71 Å². The first-order valence-electron chi connectivity index (χ1n) is 7.87. The third-order valence-electron chi connectivity index (χ3n) is 4.04. The number of imidazole rings is 1. The van der Waals surface area contributed by atoms with Gasteiger partial charge in [0, 0.05) is 25.1 Å². The van der Waals surface area contributed by atoms with Crippen molar-refractivity contribution in [3.63, 3.8) is 0 Å². The van der Waals surface area contributed by atoms with Gasteiger partial charge < -0.3 is 9.30 Å². The van der Waals surface area contributed by atoms with Gasteiger partial charge in [0.05, 0.1) is 18.2 Å². The van der Waals surface area contributed by atoms with E-state index in [1.807, 2.05) is 41.9 Å². The van der Waals surface area contributed by atoms with Gasteiger partial charge in [-0.3, -0.25) is 0 Å². The van der Waals surface area contributed by atoms with Crippen molar-refractivity contribution in [2.75, 3.05) is 6.61 Å². The summed E-state index contributed by atoms with van der Waals surface area (Å²) in [5.74, 6) is 0. The first kappa shape index (κ1) is 16.9. The van der Waals surface area contributed by atoms with Gasteiger partial charge in [0.15, 0.2) is 0 Å². The molecule has 1 N–H and O–H groups in total. The van der Waals surface area contributed by atoms with Gasteiger partial charge >= 0.3 is 0 Å². The minimum Gasteiger partial charge on any atom is -0.372 e. The van der Waals surface area contributed by atoms with Crippen LogP contribution in [0.4, 0.5) is 0 Å². The van der Waals surface area contributed by atoms with Crippen LogP contribution >= 0.6 is 0 Å². The molecule has 0 spiro atoms. The first-order chi connectivity index (χ1) is 11.5. The van der Waals surface area contributed by atoms with E-state index >= 15 is 0 Å². The highest BCUT2D eigenvalue weighted by molar-refractivity contribution is 7.92. The van der Waals surface area contributed by atoms with Crippen LogP contribution in [0, 0.1) is 0 Å². The van der Waals surface area contributed by atoms with Crippen molar-refractivity contribution in [1.82, 2.24) is 14.3 Å². The van der Waals surface area contributed by atoms with Crippen LogP contribution in [-0.2, 0) is 21.8 Å². The Labute approximate surface area is 142 Å². The highest BCUT2D eigenvalue weighted by Crippen LogP contribution is 2.28. The Kier molecular flexibility index (Phi) is 5.13. The van der Waals surface area contributed by atoms with E-state index in [9.17, 15) is 8.42 Å². The molecule has 0 bridgehead atoms. The van der Waals surface area contributed by atoms with Crippen molar-refractivity contribution in [3.8, 4) is 0 Å². The standard InChI is InChI=1S/C17H21N3O3S/c1-20-13-18-12-16(20)17-11-15(7-9-23-17)19-24(21,22)10-8-14-5-3-2-4-6-14/h2-6,8,10,12-13,15,17,19H,7,9,11H2,1H3/b10-8+. The van der Waals surface area contributed by atoms with Crippen LogP contribution in [0.15, 0.2) is 48.3 Å². The zero-order valence-corrected chi connectivity index (χ0v) is 14.3. The third kappa shape index (κ3) is 4.31. The molecule has 1 aliphatic rings. The maximum absolute atomic E-state index is 12.3. The molecule has 7 heteroatoms. The van der Waals surface area contributed by atoms with Gasteiger partial charge in [0.2, 0.25) is 10.0 Å². The molecule has 128 valence electrons. The number of nitrogens with one attached hydrogen (secondary N) is 1. The molecule has 0 saturated carbocycles. The van der Waals surface area contributed by atoms with Gasteiger partial charge in [-0.15, -0.1) is 0 Å². The van der Waals surface area contributed by atoms with E-state index in [4.69, 9.17) is 4.74 Å². The van der Waals surface area contributed by atoms with Crippen molar-refractivity contribution >= 4 is 16.1 Å². The lowest BCUT2D eigenvalue weighted by Gasteiger charge is -2.29. The van der Waals surface area contributed by atoms with Crippen LogP contribution in [0.25, 0.3) is 6.08 Å². The number of hydrogen-bond donors (Lipinski definition) is 1. The molecule has 3 rings (SSSR count). The van der Waals surface area contributed by atoms with E-state index in [-0.39, 0.29) is 12.1 Å². The van der Waals surface area contributed by atoms with Crippen LogP contribution in [-0.4, -0.2) is 30.6 Å². The van der Waals surface area contributed by atoms with Crippen molar-refractivity contribution in [3.05, 3.63) is 59.5 Å². The van der Waals surface area contributed by atoms with Crippen molar-refractivity contribution in [2.24, 2.45) is 7.05 Å². The highest BCUT2D eigenvalue weighted by Gasteiger charge is 2.27. The summed E-state index contributed by atoms with van der Waals surface area (Å²) in [7, 11) is -1.59. The average Bonchev–Trinajstić information content (AvgIpc) is 3.00. The fourth-order valence-corrected chi connectivity index (χ4v) is 3.89. The molecule has 2 aromatic rings. The normalized spacial score (nSPS) is 22.0. The Bertz CT molecular complexity index is 799. The second-order valence-electron chi connectivity index (χ2n) is 5.89. The van der Waals surface area contributed by atoms with Gasteiger partial charge in [-0.2, -0.15) is 0 Å². The lowest BCUT2D eigenvalue weighted by Crippen LogP contribution is -2.39. The molecule has 2 heterocycles. The second-order valence-corrected chi connectivity index (χ2v) is 7.48. The Balaban J connectivity index is 1.64. The monoisotopic (exact) mass is 347 g/mol. The summed E-state index contributed by atoms with van der Waals surface area (Å²) in [6, 6.07) is 9.21. The number of benzene rings is 1. The van der Waals surface area contributed by atoms with E-state index in [1.165, 1.54) is 5.41 Å². The third-order valence-corrected chi connectivity index (χ3v) is 5.19. The summed E-state index contributed by atoms with van der Waals surface area (Å²) in [4.78, 5) is 4.09. The fraction of sp³-hybridized carbons (Fsp3) is 0.353. The Morgan fingerprint density at radius 2 is 2.12 bits per heavy atom. The Morgan fingerprint density at radius 3 is 2.83 bits per heavy atom. The molecule has 2 atom stereocenters. The molecule has 1 aromatic heterocycles. The van der Waals surface area contributed by atoms with Crippen molar-refractivity contribution in [2.45, 2.75) is 25.0 Å². The zero-order valence-electron chi connectivity index (χ0n) is 13.5. The summed E-state index contributed by atoms with van der Waals surface area (Å²) >= 11 is 0. The van der Waals surface area contributed by atoms with Crippen molar-refractivity contribution in [1.29, 1.82) is 0 Å². The summed E-state index contributed by atoms with van der Waals surface area (Å²) < 4.78 is 35.0. The maximum atomic E-state index is 12.3. The largest absolute Gasteiger partial charge is 0.372 e. The Hall–Kier alpha value is -1.96. The van der Waals surface area contributed by atoms with E-state index < -0.39 is 10.0 Å². The molecule has 2 unspecified atom stereocenters. The van der Waals surface area contributed by atoms with Crippen LogP contribution in [0.1, 0.15) is 30.2 Å². The fourth-order valence-electron chi connectivity index (χ4n) is 2.79. The predicted molar refractivity (Wildman–Crippen MR) is 92.5 cm³/mol. The minimum absolute atomic E-state index is 0.142. The quantitative estimate of drug-likeness (QED) is 0.900. The lowest BCUT2D eigenvalue weighted by atomic mass is 10.0. The molecule has 6 nitrogen and oxygen atoms in total. The van der Waals surface area contributed by atoms with E-state index in [0.29, 0.717) is 19.4 Å². The maximum Gasteiger partial charge on any atom is 0.233 e. The number of rotatable bonds is 5. The van der Waals surface area contributed by atoms with E-state index in [0.717, 1.165) is 11.3 Å². The van der Waals surface area contributed by atoms with Crippen LogP contribution in [0.5, 0.6) is 0 Å². The number of aromatic nitrogens is 2. The van der Waals surface area contributed by atoms with E-state index in [1.54, 1.807) is 18.6 Å². The molecule has 1 aromatic carbocycles. The number of sulfonamides is 1. The number of hydrogen-bond acceptors (Lipinski definition) is 4. The first-order valence-corrected chi connectivity index (χ1v) is 9.41. The van der Waals surface area contributed by atoms with Gasteiger partial charge in [-0.1, -0.05) is 30.3 Å². The topological polar surface area (TPSA) is 73.2 Å². The molecule has 0 radical (unpaired) electrons. The smallest absolute Gasteiger partial charge is 0.233 e. The second kappa shape index (κ2) is 7.29. The van der Waals surface area contributed by atoms with Gasteiger partial charge in [0.1, 0.15) is 6.10 Å². The minimum atomic E-state index is -3.49. The molecular formula is C17H21N3O3S. The molecule has 0 aliphatic carbocycles. The van der Waals surface area contributed by atoms with Crippen LogP contribution < -0.4 is 4.72 Å². The van der Waals surface area contributed by atoms with Crippen molar-refractivity contribution < 1.29 is 13.2 Å². The van der Waals surface area contributed by atoms with Gasteiger partial charge in [-0.25, -0.2) is 18.1 Å². The molecule has 24 heavy (non-hydrogen) atoms. The summed E-state index contributed by atoms with van der Waals surface area (Å²) in [5, 5.41) is 1.22. The van der Waals surface area contributed by atoms with Gasteiger partial charge in [0.25, 0.3) is 0 Å². The Morgan fingerprint density at radius 1 is 1.33 bits per heavy atom. The SMILES string of the molecule is Cn1cncc1C1CC(NS(=O)(=O)/C=C/c2ccccc2)CCO1. The number of nitrogens with zero attached hydrogens (tertiary/aromatic N) is 2. The molecule has 1 fully saturated rings. The highest BCUT2D eigenvalue weighted by atomic mass is 32.2.